The van der Waals surface area contributed by atoms with E-state index in [4.69, 9.17) is 0 Å². The highest BCUT2D eigenvalue weighted by atomic mass is 32.2. The molecule has 0 aromatic heterocycles. The maximum atomic E-state index is 13.0. The summed E-state index contributed by atoms with van der Waals surface area (Å²) in [5, 5.41) is 0. The average Bonchev–Trinajstić information content (AvgIpc) is 3.07. The minimum Gasteiger partial charge on any atom is -0.369 e. The number of piperazine rings is 1. The van der Waals surface area contributed by atoms with E-state index >= 15 is 0 Å². The van der Waals surface area contributed by atoms with Gasteiger partial charge in [-0.15, -0.1) is 0 Å². The van der Waals surface area contributed by atoms with Crippen molar-refractivity contribution < 1.29 is 18.0 Å². The molecule has 0 saturated carbocycles. The molecular formula is C20H21N3O4S. The molecule has 2 aliphatic heterocycles. The number of hydrogen-bond acceptors (Lipinski definition) is 5. The molecule has 146 valence electrons. The number of sulfonamides is 1. The Morgan fingerprint density at radius 3 is 1.82 bits per heavy atom. The van der Waals surface area contributed by atoms with E-state index in [0.29, 0.717) is 31.9 Å². The predicted molar refractivity (Wildman–Crippen MR) is 106 cm³/mol. The smallest absolute Gasteiger partial charge is 0.243 e. The Morgan fingerprint density at radius 1 is 0.679 bits per heavy atom. The number of nitrogens with zero attached hydrogens (tertiary/aromatic N) is 3. The van der Waals surface area contributed by atoms with Gasteiger partial charge in [-0.2, -0.15) is 4.31 Å². The third kappa shape index (κ3) is 3.41. The van der Waals surface area contributed by atoms with Crippen LogP contribution in [-0.2, 0) is 19.6 Å². The molecule has 0 N–H and O–H groups in total. The molecule has 0 spiro atoms. The zero-order valence-electron chi connectivity index (χ0n) is 15.3. The zero-order chi connectivity index (χ0) is 19.7. The lowest BCUT2D eigenvalue weighted by Crippen LogP contribution is -2.48. The van der Waals surface area contributed by atoms with Crippen molar-refractivity contribution in [2.45, 2.75) is 17.7 Å². The van der Waals surface area contributed by atoms with Crippen LogP contribution in [0.4, 0.5) is 11.4 Å². The lowest BCUT2D eigenvalue weighted by atomic mass is 10.2. The van der Waals surface area contributed by atoms with Crippen LogP contribution in [0.25, 0.3) is 0 Å². The molecular weight excluding hydrogens is 378 g/mol. The van der Waals surface area contributed by atoms with Gasteiger partial charge in [0.15, 0.2) is 0 Å². The predicted octanol–water partition coefficient (Wildman–Crippen LogP) is 1.85. The number of rotatable bonds is 4. The Kier molecular flexibility index (Phi) is 4.91. The number of carbonyl (C=O) groups is 2. The molecule has 2 heterocycles. The summed E-state index contributed by atoms with van der Waals surface area (Å²) in [6, 6.07) is 15.9. The lowest BCUT2D eigenvalue weighted by molar-refractivity contribution is -0.121. The standard InChI is InChI=1S/C20H21N3O4S/c24-19-10-11-20(25)23(19)17-6-8-18(9-7-17)28(26,27)22-14-12-21(13-15-22)16-4-2-1-3-5-16/h1-9H,10-15H2. The molecule has 0 bridgehead atoms. The summed E-state index contributed by atoms with van der Waals surface area (Å²) in [5.41, 5.74) is 1.50. The van der Waals surface area contributed by atoms with Crippen LogP contribution in [0.2, 0.25) is 0 Å². The van der Waals surface area contributed by atoms with Crippen LogP contribution in [0.5, 0.6) is 0 Å². The normalized spacial score (nSPS) is 18.7. The van der Waals surface area contributed by atoms with Gasteiger partial charge in [-0.1, -0.05) is 18.2 Å². The summed E-state index contributed by atoms with van der Waals surface area (Å²) in [5.74, 6) is -0.504. The van der Waals surface area contributed by atoms with Crippen molar-refractivity contribution in [3.63, 3.8) is 0 Å². The van der Waals surface area contributed by atoms with E-state index in [2.05, 4.69) is 4.90 Å². The molecule has 4 rings (SSSR count). The Labute approximate surface area is 164 Å². The summed E-state index contributed by atoms with van der Waals surface area (Å²) in [7, 11) is -3.62. The summed E-state index contributed by atoms with van der Waals surface area (Å²) in [4.78, 5) is 27.1. The van der Waals surface area contributed by atoms with Gasteiger partial charge in [0, 0.05) is 44.7 Å². The molecule has 2 saturated heterocycles. The molecule has 0 atom stereocenters. The summed E-state index contributed by atoms with van der Waals surface area (Å²) < 4.78 is 27.4. The fraction of sp³-hybridized carbons (Fsp3) is 0.300. The molecule has 0 aliphatic carbocycles. The highest BCUT2D eigenvalue weighted by Gasteiger charge is 2.32. The molecule has 2 aliphatic rings. The van der Waals surface area contributed by atoms with Gasteiger partial charge in [-0.05, 0) is 36.4 Å². The van der Waals surface area contributed by atoms with E-state index in [1.165, 1.54) is 28.6 Å². The topological polar surface area (TPSA) is 78.0 Å². The summed E-state index contributed by atoms with van der Waals surface area (Å²) >= 11 is 0. The third-order valence-corrected chi connectivity index (χ3v) is 7.06. The van der Waals surface area contributed by atoms with E-state index in [9.17, 15) is 18.0 Å². The zero-order valence-corrected chi connectivity index (χ0v) is 16.1. The molecule has 28 heavy (non-hydrogen) atoms. The molecule has 2 amide bonds. The number of amides is 2. The van der Waals surface area contributed by atoms with Gasteiger partial charge in [-0.25, -0.2) is 8.42 Å². The van der Waals surface area contributed by atoms with Gasteiger partial charge in [0.1, 0.15) is 0 Å². The molecule has 0 radical (unpaired) electrons. The van der Waals surface area contributed by atoms with Gasteiger partial charge >= 0.3 is 0 Å². The van der Waals surface area contributed by atoms with Crippen LogP contribution in [0.15, 0.2) is 59.5 Å². The number of para-hydroxylation sites is 1. The minimum absolute atomic E-state index is 0.170. The molecule has 8 heteroatoms. The van der Waals surface area contributed by atoms with E-state index < -0.39 is 10.0 Å². The second-order valence-electron chi connectivity index (χ2n) is 6.84. The monoisotopic (exact) mass is 399 g/mol. The van der Waals surface area contributed by atoms with Crippen molar-refractivity contribution in [3.8, 4) is 0 Å². The van der Waals surface area contributed by atoms with Gasteiger partial charge in [-0.3, -0.25) is 14.5 Å². The van der Waals surface area contributed by atoms with E-state index in [1.807, 2.05) is 30.3 Å². The summed E-state index contributed by atoms with van der Waals surface area (Å²) in [6.07, 6.45) is 0.398. The second-order valence-corrected chi connectivity index (χ2v) is 8.78. The molecule has 2 aromatic rings. The summed E-state index contributed by atoms with van der Waals surface area (Å²) in [6.45, 7) is 2.06. The van der Waals surface area contributed by atoms with Crippen molar-refractivity contribution in [3.05, 3.63) is 54.6 Å². The first-order chi connectivity index (χ1) is 13.5. The fourth-order valence-electron chi connectivity index (χ4n) is 3.61. The third-order valence-electron chi connectivity index (χ3n) is 5.14. The molecule has 2 aromatic carbocycles. The van der Waals surface area contributed by atoms with Crippen molar-refractivity contribution in [1.82, 2.24) is 4.31 Å². The lowest BCUT2D eigenvalue weighted by Gasteiger charge is -2.35. The second kappa shape index (κ2) is 7.37. The first kappa shape index (κ1) is 18.6. The molecule has 0 unspecified atom stereocenters. The maximum absolute atomic E-state index is 13.0. The van der Waals surface area contributed by atoms with Crippen LogP contribution in [-0.4, -0.2) is 50.7 Å². The Hall–Kier alpha value is -2.71. The van der Waals surface area contributed by atoms with Crippen molar-refractivity contribution in [2.24, 2.45) is 0 Å². The first-order valence-electron chi connectivity index (χ1n) is 9.23. The quantitative estimate of drug-likeness (QED) is 0.734. The van der Waals surface area contributed by atoms with Crippen LogP contribution in [0.1, 0.15) is 12.8 Å². The Bertz CT molecular complexity index is 966. The number of imide groups is 1. The maximum Gasteiger partial charge on any atom is 0.243 e. The average molecular weight is 399 g/mol. The van der Waals surface area contributed by atoms with Crippen molar-refractivity contribution in [2.75, 3.05) is 36.0 Å². The SMILES string of the molecule is O=C1CCC(=O)N1c1ccc(S(=O)(=O)N2CCN(c3ccccc3)CC2)cc1. The van der Waals surface area contributed by atoms with Crippen molar-refractivity contribution in [1.29, 1.82) is 0 Å². The Morgan fingerprint density at radius 2 is 1.25 bits per heavy atom. The van der Waals surface area contributed by atoms with E-state index in [-0.39, 0.29) is 29.6 Å². The highest BCUT2D eigenvalue weighted by molar-refractivity contribution is 7.89. The number of hydrogen-bond donors (Lipinski definition) is 0. The van der Waals surface area contributed by atoms with E-state index in [0.717, 1.165) is 10.6 Å². The molecule has 2 fully saturated rings. The van der Waals surface area contributed by atoms with Crippen LogP contribution < -0.4 is 9.80 Å². The first-order valence-corrected chi connectivity index (χ1v) is 10.7. The molecule has 7 nitrogen and oxygen atoms in total. The minimum atomic E-state index is -3.62. The number of benzene rings is 2. The van der Waals surface area contributed by atoms with Crippen LogP contribution in [0, 0.1) is 0 Å². The Balaban J connectivity index is 1.47. The largest absolute Gasteiger partial charge is 0.369 e. The number of anilines is 2. The highest BCUT2D eigenvalue weighted by Crippen LogP contribution is 2.26. The number of carbonyl (C=O) groups excluding carboxylic acids is 2. The fourth-order valence-corrected chi connectivity index (χ4v) is 5.03. The van der Waals surface area contributed by atoms with Crippen LogP contribution in [0.3, 0.4) is 0 Å². The van der Waals surface area contributed by atoms with Gasteiger partial charge < -0.3 is 4.90 Å². The van der Waals surface area contributed by atoms with Crippen molar-refractivity contribution >= 4 is 33.2 Å². The van der Waals surface area contributed by atoms with Gasteiger partial charge in [0.2, 0.25) is 21.8 Å². The van der Waals surface area contributed by atoms with Gasteiger partial charge in [0.05, 0.1) is 10.6 Å². The van der Waals surface area contributed by atoms with Gasteiger partial charge in [0.25, 0.3) is 0 Å². The van der Waals surface area contributed by atoms with E-state index in [1.54, 1.807) is 0 Å². The van der Waals surface area contributed by atoms with Crippen LogP contribution >= 0.6 is 0 Å².